The quantitative estimate of drug-likeness (QED) is 0.743. The first-order chi connectivity index (χ1) is 10.8. The molecule has 0 aliphatic carbocycles. The molecule has 0 fully saturated rings. The minimum Gasteiger partial charge on any atom is -0.406 e. The predicted molar refractivity (Wildman–Crippen MR) is 91.0 cm³/mol. The highest BCUT2D eigenvalue weighted by Gasteiger charge is 2.32. The number of hydrogen-bond acceptors (Lipinski definition) is 2. The van der Waals surface area contributed by atoms with Crippen molar-refractivity contribution in [2.24, 2.45) is 0 Å². The molecule has 3 nitrogen and oxygen atoms in total. The van der Waals surface area contributed by atoms with Gasteiger partial charge in [-0.05, 0) is 41.5 Å². The number of fused-ring (bicyclic) bond motifs is 1. The Hall–Kier alpha value is -1.73. The van der Waals surface area contributed by atoms with Crippen LogP contribution < -0.4 is 4.74 Å². The maximum atomic E-state index is 12.3. The maximum Gasteiger partial charge on any atom is 0.573 e. The van der Waals surface area contributed by atoms with Crippen LogP contribution in [0.3, 0.4) is 0 Å². The van der Waals surface area contributed by atoms with E-state index in [0.717, 1.165) is 5.56 Å². The zero-order chi connectivity index (χ0) is 16.6. The van der Waals surface area contributed by atoms with Crippen molar-refractivity contribution in [2.45, 2.75) is 19.5 Å². The molecule has 24 heavy (non-hydrogen) atoms. The Bertz CT molecular complexity index is 767. The molecule has 2 aromatic rings. The van der Waals surface area contributed by atoms with E-state index in [4.69, 9.17) is 17.0 Å². The first-order valence-corrected chi connectivity index (χ1v) is 7.16. The van der Waals surface area contributed by atoms with Gasteiger partial charge in [-0.1, -0.05) is 23.7 Å². The molecule has 0 saturated heterocycles. The first-order valence-electron chi connectivity index (χ1n) is 6.79. The van der Waals surface area contributed by atoms with Crippen LogP contribution in [-0.4, -0.2) is 17.1 Å². The van der Waals surface area contributed by atoms with Gasteiger partial charge in [0.1, 0.15) is 11.6 Å². The lowest BCUT2D eigenvalue weighted by Gasteiger charge is -2.18. The summed E-state index contributed by atoms with van der Waals surface area (Å²) in [4.78, 5) is 1.77. The lowest BCUT2D eigenvalue weighted by molar-refractivity contribution is -0.274. The van der Waals surface area contributed by atoms with Gasteiger partial charge in [0.25, 0.3) is 0 Å². The number of nitrogens with one attached hydrogen (secondary N) is 1. The summed E-state index contributed by atoms with van der Waals surface area (Å²) in [6.45, 7) is 0.819. The number of halogens is 5. The van der Waals surface area contributed by atoms with Gasteiger partial charge in [-0.2, -0.15) is 0 Å². The Morgan fingerprint density at radius 3 is 2.58 bits per heavy atom. The van der Waals surface area contributed by atoms with Crippen LogP contribution >= 0.6 is 28.6 Å². The third-order valence-corrected chi connectivity index (χ3v) is 3.74. The SMILES string of the molecule is Br.N=C1c2ccc(OC(F)(F)F)cc2CN1Cc1cccc(Cl)c1. The molecule has 0 radical (unpaired) electrons. The van der Waals surface area contributed by atoms with Crippen molar-refractivity contribution in [3.63, 3.8) is 0 Å². The average Bonchev–Trinajstić information content (AvgIpc) is 2.73. The lowest BCUT2D eigenvalue weighted by atomic mass is 10.1. The number of alkyl halides is 3. The zero-order valence-electron chi connectivity index (χ0n) is 12.2. The fourth-order valence-electron chi connectivity index (χ4n) is 2.57. The van der Waals surface area contributed by atoms with Gasteiger partial charge in [0.05, 0.1) is 0 Å². The van der Waals surface area contributed by atoms with Crippen LogP contribution in [0.25, 0.3) is 0 Å². The Morgan fingerprint density at radius 1 is 1.17 bits per heavy atom. The summed E-state index contributed by atoms with van der Waals surface area (Å²) in [6.07, 6.45) is -4.72. The van der Waals surface area contributed by atoms with Crippen molar-refractivity contribution in [1.29, 1.82) is 5.41 Å². The van der Waals surface area contributed by atoms with E-state index in [1.54, 1.807) is 17.0 Å². The van der Waals surface area contributed by atoms with Crippen molar-refractivity contribution < 1.29 is 17.9 Å². The van der Waals surface area contributed by atoms with E-state index in [1.807, 2.05) is 12.1 Å². The molecule has 0 amide bonds. The van der Waals surface area contributed by atoms with Gasteiger partial charge in [-0.25, -0.2) is 0 Å². The molecule has 0 saturated carbocycles. The molecule has 1 heterocycles. The third-order valence-electron chi connectivity index (χ3n) is 3.51. The van der Waals surface area contributed by atoms with Crippen molar-refractivity contribution in [1.82, 2.24) is 4.90 Å². The number of hydrogen-bond donors (Lipinski definition) is 1. The highest BCUT2D eigenvalue weighted by molar-refractivity contribution is 8.93. The van der Waals surface area contributed by atoms with Crippen LogP contribution in [0.5, 0.6) is 5.75 Å². The van der Waals surface area contributed by atoms with Gasteiger partial charge < -0.3 is 9.64 Å². The largest absolute Gasteiger partial charge is 0.573 e. The molecule has 2 aromatic carbocycles. The molecule has 3 rings (SSSR count). The standard InChI is InChI=1S/C16H12ClF3N2O.BrH/c17-12-3-1-2-10(6-12)8-22-9-11-7-13(23-16(18,19)20)4-5-14(11)15(22)21;/h1-7,21H,8-9H2;1H. The van der Waals surface area contributed by atoms with Crippen molar-refractivity contribution in [2.75, 3.05) is 0 Å². The number of benzene rings is 2. The molecule has 0 unspecified atom stereocenters. The summed E-state index contributed by atoms with van der Waals surface area (Å²) < 4.78 is 40.8. The Kier molecular flexibility index (Phi) is 5.45. The van der Waals surface area contributed by atoms with Crippen LogP contribution in [0.2, 0.25) is 5.02 Å². The van der Waals surface area contributed by atoms with Gasteiger partial charge >= 0.3 is 6.36 Å². The summed E-state index contributed by atoms with van der Waals surface area (Å²) in [6, 6.07) is 11.3. The van der Waals surface area contributed by atoms with Crippen molar-refractivity contribution >= 4 is 34.4 Å². The second-order valence-electron chi connectivity index (χ2n) is 5.20. The van der Waals surface area contributed by atoms with Crippen LogP contribution in [0.4, 0.5) is 13.2 Å². The van der Waals surface area contributed by atoms with E-state index in [-0.39, 0.29) is 28.6 Å². The molecule has 1 aliphatic rings. The summed E-state index contributed by atoms with van der Waals surface area (Å²) in [5, 5.41) is 8.77. The van der Waals surface area contributed by atoms with E-state index in [0.29, 0.717) is 29.2 Å². The fraction of sp³-hybridized carbons (Fsp3) is 0.188. The van der Waals surface area contributed by atoms with E-state index >= 15 is 0 Å². The van der Waals surface area contributed by atoms with E-state index in [9.17, 15) is 13.2 Å². The lowest BCUT2D eigenvalue weighted by Crippen LogP contribution is -2.23. The molecule has 8 heteroatoms. The topological polar surface area (TPSA) is 36.3 Å². The second kappa shape index (κ2) is 7.03. The molecule has 128 valence electrons. The molecule has 0 aromatic heterocycles. The monoisotopic (exact) mass is 420 g/mol. The smallest absolute Gasteiger partial charge is 0.406 e. The van der Waals surface area contributed by atoms with Crippen LogP contribution in [0.15, 0.2) is 42.5 Å². The van der Waals surface area contributed by atoms with E-state index < -0.39 is 6.36 Å². The van der Waals surface area contributed by atoms with Gasteiger partial charge in [-0.3, -0.25) is 5.41 Å². The Morgan fingerprint density at radius 2 is 1.92 bits per heavy atom. The second-order valence-corrected chi connectivity index (χ2v) is 5.64. The normalized spacial score (nSPS) is 13.5. The van der Waals surface area contributed by atoms with Gasteiger partial charge in [0.2, 0.25) is 0 Å². The average molecular weight is 422 g/mol. The predicted octanol–water partition coefficient (Wildman–Crippen LogP) is 5.16. The van der Waals surface area contributed by atoms with Crippen molar-refractivity contribution in [3.05, 3.63) is 64.2 Å². The van der Waals surface area contributed by atoms with Gasteiger partial charge in [-0.15, -0.1) is 30.2 Å². The van der Waals surface area contributed by atoms with Gasteiger partial charge in [0.15, 0.2) is 0 Å². The third kappa shape index (κ3) is 4.21. The van der Waals surface area contributed by atoms with Crippen molar-refractivity contribution in [3.8, 4) is 5.75 Å². The highest BCUT2D eigenvalue weighted by atomic mass is 79.9. The number of nitrogens with zero attached hydrogens (tertiary/aromatic N) is 1. The fourth-order valence-corrected chi connectivity index (χ4v) is 2.79. The number of amidine groups is 1. The molecule has 0 bridgehead atoms. The van der Waals surface area contributed by atoms with Crippen LogP contribution in [0, 0.1) is 5.41 Å². The molecular formula is C16H13BrClF3N2O. The maximum absolute atomic E-state index is 12.3. The number of rotatable bonds is 3. The zero-order valence-corrected chi connectivity index (χ0v) is 14.7. The summed E-state index contributed by atoms with van der Waals surface area (Å²) in [5.41, 5.74) is 2.18. The Balaban J connectivity index is 0.00000208. The molecule has 1 aliphatic heterocycles. The Labute approximate surface area is 152 Å². The summed E-state index contributed by atoms with van der Waals surface area (Å²) >= 11 is 5.94. The van der Waals surface area contributed by atoms with Crippen LogP contribution in [-0.2, 0) is 13.1 Å². The van der Waals surface area contributed by atoms with Gasteiger partial charge in [0, 0.05) is 23.7 Å². The first kappa shape index (κ1) is 18.6. The molecule has 0 spiro atoms. The summed E-state index contributed by atoms with van der Waals surface area (Å²) in [5.74, 6) is 0.00666. The highest BCUT2D eigenvalue weighted by Crippen LogP contribution is 2.30. The molecule has 1 N–H and O–H groups in total. The molecular weight excluding hydrogens is 409 g/mol. The minimum absolute atomic E-state index is 0. The summed E-state index contributed by atoms with van der Waals surface area (Å²) in [7, 11) is 0. The van der Waals surface area contributed by atoms with E-state index in [1.165, 1.54) is 18.2 Å². The van der Waals surface area contributed by atoms with Crippen LogP contribution in [0.1, 0.15) is 16.7 Å². The number of ether oxygens (including phenoxy) is 1. The minimum atomic E-state index is -4.72. The molecule has 0 atom stereocenters. The van der Waals surface area contributed by atoms with E-state index in [2.05, 4.69) is 4.74 Å².